The molecule has 3 heterocycles. The van der Waals surface area contributed by atoms with Gasteiger partial charge >= 0.3 is 6.03 Å². The van der Waals surface area contributed by atoms with Gasteiger partial charge in [0.2, 0.25) is 0 Å². The van der Waals surface area contributed by atoms with Crippen molar-refractivity contribution in [3.8, 4) is 0 Å². The number of carbonyl (C=O) groups is 2. The first-order valence-electron chi connectivity index (χ1n) is 15.9. The highest BCUT2D eigenvalue weighted by Crippen LogP contribution is 2.39. The number of pyridine rings is 1. The van der Waals surface area contributed by atoms with Gasteiger partial charge in [0, 0.05) is 54.6 Å². The van der Waals surface area contributed by atoms with Crippen molar-refractivity contribution in [1.29, 1.82) is 0 Å². The van der Waals surface area contributed by atoms with E-state index >= 15 is 0 Å². The molecule has 3 N–H and O–H groups in total. The van der Waals surface area contributed by atoms with Gasteiger partial charge in [-0.3, -0.25) is 9.59 Å². The van der Waals surface area contributed by atoms with Crippen molar-refractivity contribution < 1.29 is 9.59 Å². The lowest BCUT2D eigenvalue weighted by atomic mass is 9.78. The number of aromatic nitrogens is 1. The van der Waals surface area contributed by atoms with Gasteiger partial charge in [0.15, 0.2) is 0 Å². The zero-order valence-electron chi connectivity index (χ0n) is 25.4. The van der Waals surface area contributed by atoms with Crippen molar-refractivity contribution in [3.63, 3.8) is 0 Å². The Balaban J connectivity index is 1.27. The van der Waals surface area contributed by atoms with Crippen LogP contribution in [-0.2, 0) is 13.0 Å². The van der Waals surface area contributed by atoms with Crippen LogP contribution in [0.1, 0.15) is 74.0 Å². The maximum Gasteiger partial charge on any atom is 0.323 e. The van der Waals surface area contributed by atoms with Crippen molar-refractivity contribution in [2.24, 2.45) is 17.8 Å². The van der Waals surface area contributed by atoms with E-state index in [0.29, 0.717) is 41.2 Å². The van der Waals surface area contributed by atoms with E-state index in [9.17, 15) is 14.4 Å². The minimum absolute atomic E-state index is 0.0590. The Morgan fingerprint density at radius 3 is 2.53 bits per heavy atom. The quantitative estimate of drug-likeness (QED) is 0.322. The van der Waals surface area contributed by atoms with Crippen LogP contribution in [0.5, 0.6) is 0 Å². The number of piperidine rings is 1. The molecule has 6 rings (SSSR count). The summed E-state index contributed by atoms with van der Waals surface area (Å²) in [4.78, 5) is 41.6. The molecule has 1 saturated carbocycles. The summed E-state index contributed by atoms with van der Waals surface area (Å²) in [5.74, 6) is 1.43. The third-order valence-corrected chi connectivity index (χ3v) is 9.97. The van der Waals surface area contributed by atoms with Crippen LogP contribution >= 0.6 is 0 Å². The maximum absolute atomic E-state index is 13.5. The van der Waals surface area contributed by atoms with Gasteiger partial charge in [-0.15, -0.1) is 0 Å². The molecule has 1 aromatic heterocycles. The first kappa shape index (κ1) is 29.0. The standard InChI is InChI=1S/C35H43N5O3/c1-4-24-11-14-28(15-12-24)36-35(43)38-30-18-26(34(42)37-29-8-5-7-22(2)23(29)3)13-16-32(30)39-19-25-17-27(21-39)31-9-6-10-33(41)40(31)20-25/h6,9-16,18,22-23,25,27,29H,4-5,7-8,17,19-21H2,1-3H3,(H,37,42)(H2,36,38,43). The van der Waals surface area contributed by atoms with E-state index < -0.39 is 0 Å². The molecule has 3 amide bonds. The summed E-state index contributed by atoms with van der Waals surface area (Å²) in [7, 11) is 0. The SMILES string of the molecule is CCc1ccc(NC(=O)Nc2cc(C(=O)NC3CCCC(C)C3C)ccc2N2CC3CC(C2)c2cccc(=O)n2C3)cc1. The van der Waals surface area contributed by atoms with Crippen molar-refractivity contribution in [1.82, 2.24) is 9.88 Å². The minimum atomic E-state index is -0.355. The molecule has 1 aliphatic carbocycles. The predicted molar refractivity (Wildman–Crippen MR) is 172 cm³/mol. The van der Waals surface area contributed by atoms with Crippen LogP contribution in [0.25, 0.3) is 0 Å². The average Bonchev–Trinajstić information content (AvgIpc) is 3.00. The van der Waals surface area contributed by atoms with Gasteiger partial charge in [-0.1, -0.05) is 51.8 Å². The number of amides is 3. The fourth-order valence-electron chi connectivity index (χ4n) is 7.29. The van der Waals surface area contributed by atoms with E-state index in [-0.39, 0.29) is 29.5 Å². The normalized spacial score (nSPS) is 24.5. The molecule has 8 heteroatoms. The van der Waals surface area contributed by atoms with Gasteiger partial charge in [-0.2, -0.15) is 0 Å². The van der Waals surface area contributed by atoms with Gasteiger partial charge in [0.1, 0.15) is 0 Å². The number of aryl methyl sites for hydroxylation is 1. The highest BCUT2D eigenvalue weighted by molar-refractivity contribution is 6.04. The third-order valence-electron chi connectivity index (χ3n) is 9.97. The topological polar surface area (TPSA) is 95.5 Å². The van der Waals surface area contributed by atoms with Crippen molar-refractivity contribution in [2.75, 3.05) is 28.6 Å². The second kappa shape index (κ2) is 12.3. The van der Waals surface area contributed by atoms with Gasteiger partial charge in [0.05, 0.1) is 11.4 Å². The first-order valence-corrected chi connectivity index (χ1v) is 15.9. The summed E-state index contributed by atoms with van der Waals surface area (Å²) in [6, 6.07) is 18.8. The van der Waals surface area contributed by atoms with E-state index in [1.54, 1.807) is 6.07 Å². The summed E-state index contributed by atoms with van der Waals surface area (Å²) in [6.45, 7) is 8.78. The van der Waals surface area contributed by atoms with E-state index in [4.69, 9.17) is 0 Å². The molecule has 8 nitrogen and oxygen atoms in total. The molecule has 0 radical (unpaired) electrons. The number of benzene rings is 2. The Bertz CT molecular complexity index is 1550. The molecule has 5 atom stereocenters. The Hall–Kier alpha value is -4.07. The van der Waals surface area contributed by atoms with Crippen molar-refractivity contribution in [2.45, 2.75) is 71.4 Å². The van der Waals surface area contributed by atoms with Crippen LogP contribution < -0.4 is 26.4 Å². The number of hydrogen-bond acceptors (Lipinski definition) is 4. The van der Waals surface area contributed by atoms with E-state index in [0.717, 1.165) is 50.2 Å². The molecule has 43 heavy (non-hydrogen) atoms. The molecule has 3 aliphatic rings. The van der Waals surface area contributed by atoms with Crippen LogP contribution in [-0.4, -0.2) is 35.6 Å². The minimum Gasteiger partial charge on any atom is -0.369 e. The van der Waals surface area contributed by atoms with Crippen LogP contribution in [0.2, 0.25) is 0 Å². The zero-order valence-corrected chi connectivity index (χ0v) is 25.4. The summed E-state index contributed by atoms with van der Waals surface area (Å²) in [5, 5.41) is 9.30. The Morgan fingerprint density at radius 2 is 1.74 bits per heavy atom. The maximum atomic E-state index is 13.5. The number of urea groups is 1. The molecule has 1 saturated heterocycles. The zero-order chi connectivity index (χ0) is 30.1. The monoisotopic (exact) mass is 581 g/mol. The van der Waals surface area contributed by atoms with Crippen molar-refractivity contribution in [3.05, 3.63) is 87.8 Å². The summed E-state index contributed by atoms with van der Waals surface area (Å²) < 4.78 is 1.92. The van der Waals surface area contributed by atoms with Crippen LogP contribution in [0.4, 0.5) is 21.9 Å². The van der Waals surface area contributed by atoms with Gasteiger partial charge < -0.3 is 25.4 Å². The summed E-state index contributed by atoms with van der Waals surface area (Å²) >= 11 is 0. The number of rotatable bonds is 6. The van der Waals surface area contributed by atoms with Crippen LogP contribution in [0.3, 0.4) is 0 Å². The van der Waals surface area contributed by atoms with Crippen LogP contribution in [0, 0.1) is 17.8 Å². The van der Waals surface area contributed by atoms with Gasteiger partial charge in [-0.05, 0) is 79.0 Å². The van der Waals surface area contributed by atoms with Crippen molar-refractivity contribution >= 4 is 29.0 Å². The van der Waals surface area contributed by atoms with E-state index in [2.05, 4.69) is 47.7 Å². The molecule has 2 bridgehead atoms. The number of hydrogen-bond donors (Lipinski definition) is 3. The predicted octanol–water partition coefficient (Wildman–Crippen LogP) is 6.23. The first-order chi connectivity index (χ1) is 20.8. The molecule has 2 aliphatic heterocycles. The smallest absolute Gasteiger partial charge is 0.323 e. The van der Waals surface area contributed by atoms with Crippen LogP contribution in [0.15, 0.2) is 65.5 Å². The Kier molecular flexibility index (Phi) is 8.28. The van der Waals surface area contributed by atoms with E-state index in [1.165, 1.54) is 12.0 Å². The fraction of sp³-hybridized carbons (Fsp3) is 0.457. The molecule has 3 aromatic rings. The largest absolute Gasteiger partial charge is 0.369 e. The third kappa shape index (κ3) is 6.19. The Morgan fingerprint density at radius 1 is 0.930 bits per heavy atom. The molecular formula is C35H43N5O3. The fourth-order valence-corrected chi connectivity index (χ4v) is 7.29. The molecule has 5 unspecified atom stereocenters. The molecule has 0 spiro atoms. The lowest BCUT2D eigenvalue weighted by Gasteiger charge is -2.44. The van der Waals surface area contributed by atoms with E-state index in [1.807, 2.05) is 53.1 Å². The van der Waals surface area contributed by atoms with Gasteiger partial charge in [-0.25, -0.2) is 4.79 Å². The van der Waals surface area contributed by atoms with Gasteiger partial charge in [0.25, 0.3) is 11.5 Å². The number of nitrogens with one attached hydrogen (secondary N) is 3. The lowest BCUT2D eigenvalue weighted by molar-refractivity contribution is 0.0891. The summed E-state index contributed by atoms with van der Waals surface area (Å²) in [5.41, 5.74) is 5.06. The molecule has 2 fully saturated rings. The number of carbonyl (C=O) groups excluding carboxylic acids is 2. The highest BCUT2D eigenvalue weighted by atomic mass is 16.2. The highest BCUT2D eigenvalue weighted by Gasteiger charge is 2.35. The molecule has 2 aromatic carbocycles. The second-order valence-corrected chi connectivity index (χ2v) is 12.8. The second-order valence-electron chi connectivity index (χ2n) is 12.8. The average molecular weight is 582 g/mol. The number of fused-ring (bicyclic) bond motifs is 4. The number of anilines is 3. The Labute approximate surface area is 253 Å². The lowest BCUT2D eigenvalue weighted by Crippen LogP contribution is -2.47. The molecule has 226 valence electrons. The molecular weight excluding hydrogens is 538 g/mol. The number of nitrogens with zero attached hydrogens (tertiary/aromatic N) is 2. The summed E-state index contributed by atoms with van der Waals surface area (Å²) in [6.07, 6.45) is 5.27.